The van der Waals surface area contributed by atoms with Gasteiger partial charge >= 0.3 is 0 Å². The van der Waals surface area contributed by atoms with E-state index < -0.39 is 0 Å². The van der Waals surface area contributed by atoms with Crippen LogP contribution in [0.4, 0.5) is 0 Å². The van der Waals surface area contributed by atoms with E-state index in [2.05, 4.69) is 12.1 Å². The standard InChI is InChI=1S/C14H11NO2/c16-15(17)9-11-5-3-7-13-12-6-2-1-4-10(12)8-14(11)13/h1-7H,8-9H2. The lowest BCUT2D eigenvalue weighted by Crippen LogP contribution is -2.01. The summed E-state index contributed by atoms with van der Waals surface area (Å²) in [7, 11) is 0. The van der Waals surface area contributed by atoms with Crippen molar-refractivity contribution in [2.24, 2.45) is 0 Å². The maximum absolute atomic E-state index is 10.6. The highest BCUT2D eigenvalue weighted by Gasteiger charge is 2.21. The van der Waals surface area contributed by atoms with Crippen LogP contribution in [-0.4, -0.2) is 4.92 Å². The summed E-state index contributed by atoms with van der Waals surface area (Å²) in [5.41, 5.74) is 5.58. The van der Waals surface area contributed by atoms with E-state index >= 15 is 0 Å². The highest BCUT2D eigenvalue weighted by molar-refractivity contribution is 5.77. The summed E-state index contributed by atoms with van der Waals surface area (Å²) < 4.78 is 0. The predicted octanol–water partition coefficient (Wildman–Crippen LogP) is 3.03. The van der Waals surface area contributed by atoms with E-state index in [0.717, 1.165) is 23.1 Å². The van der Waals surface area contributed by atoms with Gasteiger partial charge in [-0.3, -0.25) is 10.1 Å². The van der Waals surface area contributed by atoms with Crippen LogP contribution >= 0.6 is 0 Å². The van der Waals surface area contributed by atoms with Crippen LogP contribution in [0, 0.1) is 10.1 Å². The topological polar surface area (TPSA) is 43.1 Å². The Morgan fingerprint density at radius 2 is 1.82 bits per heavy atom. The van der Waals surface area contributed by atoms with Crippen molar-refractivity contribution < 1.29 is 4.92 Å². The van der Waals surface area contributed by atoms with E-state index in [-0.39, 0.29) is 11.5 Å². The number of fused-ring (bicyclic) bond motifs is 3. The summed E-state index contributed by atoms with van der Waals surface area (Å²) in [5, 5.41) is 10.6. The van der Waals surface area contributed by atoms with E-state index in [1.165, 1.54) is 11.1 Å². The predicted molar refractivity (Wildman–Crippen MR) is 65.4 cm³/mol. The number of nitrogens with zero attached hydrogens (tertiary/aromatic N) is 1. The molecular weight excluding hydrogens is 214 g/mol. The normalized spacial score (nSPS) is 12.0. The third-order valence-corrected chi connectivity index (χ3v) is 3.25. The number of rotatable bonds is 2. The lowest BCUT2D eigenvalue weighted by Gasteiger charge is -2.04. The molecule has 0 atom stereocenters. The van der Waals surface area contributed by atoms with E-state index in [1.807, 2.05) is 30.3 Å². The molecule has 0 radical (unpaired) electrons. The van der Waals surface area contributed by atoms with E-state index in [4.69, 9.17) is 0 Å². The first kappa shape index (κ1) is 10.0. The molecule has 2 aromatic carbocycles. The van der Waals surface area contributed by atoms with Gasteiger partial charge in [0.25, 0.3) is 0 Å². The third-order valence-electron chi connectivity index (χ3n) is 3.25. The zero-order chi connectivity index (χ0) is 11.8. The molecule has 84 valence electrons. The number of hydrogen-bond donors (Lipinski definition) is 0. The molecule has 0 saturated heterocycles. The molecule has 3 heteroatoms. The molecule has 0 aromatic heterocycles. The Hall–Kier alpha value is -2.16. The van der Waals surface area contributed by atoms with Gasteiger partial charge in [-0.25, -0.2) is 0 Å². The highest BCUT2D eigenvalue weighted by Crippen LogP contribution is 2.38. The van der Waals surface area contributed by atoms with E-state index in [0.29, 0.717) is 0 Å². The van der Waals surface area contributed by atoms with Crippen molar-refractivity contribution in [1.82, 2.24) is 0 Å². The number of hydrogen-bond acceptors (Lipinski definition) is 2. The molecule has 2 aromatic rings. The number of nitro groups is 1. The Morgan fingerprint density at radius 3 is 2.65 bits per heavy atom. The minimum Gasteiger partial charge on any atom is -0.264 e. The largest absolute Gasteiger partial charge is 0.264 e. The number of benzene rings is 2. The summed E-state index contributed by atoms with van der Waals surface area (Å²) in [5.74, 6) is 0. The Kier molecular flexibility index (Phi) is 2.18. The molecule has 0 spiro atoms. The maximum atomic E-state index is 10.6. The first-order chi connectivity index (χ1) is 8.25. The molecule has 1 aliphatic rings. The summed E-state index contributed by atoms with van der Waals surface area (Å²) >= 11 is 0. The van der Waals surface area contributed by atoms with Gasteiger partial charge in [0.05, 0.1) is 0 Å². The fourth-order valence-electron chi connectivity index (χ4n) is 2.51. The van der Waals surface area contributed by atoms with Crippen molar-refractivity contribution in [2.45, 2.75) is 13.0 Å². The molecule has 17 heavy (non-hydrogen) atoms. The lowest BCUT2D eigenvalue weighted by atomic mass is 10.0. The van der Waals surface area contributed by atoms with Crippen molar-refractivity contribution in [3.05, 3.63) is 69.3 Å². The zero-order valence-electron chi connectivity index (χ0n) is 9.22. The first-order valence-corrected chi connectivity index (χ1v) is 5.56. The minimum absolute atomic E-state index is 0.0861. The molecule has 3 rings (SSSR count). The lowest BCUT2D eigenvalue weighted by molar-refractivity contribution is -0.496. The van der Waals surface area contributed by atoms with Crippen LogP contribution in [-0.2, 0) is 13.0 Å². The van der Waals surface area contributed by atoms with Gasteiger partial charge in [-0.15, -0.1) is 0 Å². The minimum atomic E-state index is -0.265. The van der Waals surface area contributed by atoms with Crippen LogP contribution < -0.4 is 0 Å². The Bertz CT molecular complexity index is 605. The van der Waals surface area contributed by atoms with Crippen LogP contribution in [0.5, 0.6) is 0 Å². The average Bonchev–Trinajstić information content (AvgIpc) is 2.68. The molecule has 0 N–H and O–H groups in total. The second kappa shape index (κ2) is 3.70. The van der Waals surface area contributed by atoms with Crippen LogP contribution in [0.3, 0.4) is 0 Å². The van der Waals surface area contributed by atoms with Crippen LogP contribution in [0.15, 0.2) is 42.5 Å². The molecule has 0 aliphatic heterocycles. The van der Waals surface area contributed by atoms with Gasteiger partial charge in [0, 0.05) is 10.5 Å². The van der Waals surface area contributed by atoms with Gasteiger partial charge < -0.3 is 0 Å². The monoisotopic (exact) mass is 225 g/mol. The molecule has 1 aliphatic carbocycles. The molecule has 0 fully saturated rings. The fourth-order valence-corrected chi connectivity index (χ4v) is 2.51. The fraction of sp³-hybridized carbons (Fsp3) is 0.143. The first-order valence-electron chi connectivity index (χ1n) is 5.56. The van der Waals surface area contributed by atoms with Crippen molar-refractivity contribution >= 4 is 0 Å². The van der Waals surface area contributed by atoms with Crippen molar-refractivity contribution in [3.63, 3.8) is 0 Å². The van der Waals surface area contributed by atoms with Gasteiger partial charge in [-0.2, -0.15) is 0 Å². The van der Waals surface area contributed by atoms with Crippen LogP contribution in [0.2, 0.25) is 0 Å². The molecule has 0 heterocycles. The van der Waals surface area contributed by atoms with E-state index in [1.54, 1.807) is 0 Å². The molecule has 0 bridgehead atoms. The Balaban J connectivity index is 2.14. The van der Waals surface area contributed by atoms with Crippen molar-refractivity contribution in [2.75, 3.05) is 0 Å². The summed E-state index contributed by atoms with van der Waals surface area (Å²) in [6.45, 7) is -0.0861. The molecule has 3 nitrogen and oxygen atoms in total. The van der Waals surface area contributed by atoms with Crippen LogP contribution in [0.1, 0.15) is 16.7 Å². The zero-order valence-corrected chi connectivity index (χ0v) is 9.22. The Labute approximate surface area is 98.9 Å². The Morgan fingerprint density at radius 1 is 1.06 bits per heavy atom. The third kappa shape index (κ3) is 1.60. The van der Waals surface area contributed by atoms with Crippen molar-refractivity contribution in [3.8, 4) is 11.1 Å². The van der Waals surface area contributed by atoms with Gasteiger partial charge in [-0.05, 0) is 28.7 Å². The molecule has 0 amide bonds. The van der Waals surface area contributed by atoms with Gasteiger partial charge in [0.1, 0.15) is 0 Å². The van der Waals surface area contributed by atoms with Gasteiger partial charge in [0.2, 0.25) is 6.54 Å². The van der Waals surface area contributed by atoms with Crippen LogP contribution in [0.25, 0.3) is 11.1 Å². The molecule has 0 saturated carbocycles. The van der Waals surface area contributed by atoms with Crippen molar-refractivity contribution in [1.29, 1.82) is 0 Å². The van der Waals surface area contributed by atoms with Gasteiger partial charge in [0.15, 0.2) is 0 Å². The smallest absolute Gasteiger partial charge is 0.229 e. The summed E-state index contributed by atoms with van der Waals surface area (Å²) in [6.07, 6.45) is 0.815. The highest BCUT2D eigenvalue weighted by atomic mass is 16.6. The second-order valence-corrected chi connectivity index (χ2v) is 4.27. The van der Waals surface area contributed by atoms with E-state index in [9.17, 15) is 10.1 Å². The quantitative estimate of drug-likeness (QED) is 0.497. The average molecular weight is 225 g/mol. The molecular formula is C14H11NO2. The van der Waals surface area contributed by atoms with Gasteiger partial charge in [-0.1, -0.05) is 42.5 Å². The summed E-state index contributed by atoms with van der Waals surface area (Å²) in [4.78, 5) is 10.4. The summed E-state index contributed by atoms with van der Waals surface area (Å²) in [6, 6.07) is 14.0. The molecule has 0 unspecified atom stereocenters. The second-order valence-electron chi connectivity index (χ2n) is 4.27. The SMILES string of the molecule is O=[N+]([O-])Cc1cccc2c1Cc1ccccc1-2. The maximum Gasteiger partial charge on any atom is 0.229 e.